The van der Waals surface area contributed by atoms with Crippen molar-refractivity contribution in [3.8, 4) is 5.75 Å². The highest BCUT2D eigenvalue weighted by Crippen LogP contribution is 2.25. The molecule has 1 aliphatic rings. The molecule has 0 bridgehead atoms. The number of methoxy groups -OCH3 is 1. The van der Waals surface area contributed by atoms with Crippen LogP contribution < -0.4 is 10.1 Å². The molecule has 1 aromatic rings. The smallest absolute Gasteiger partial charge is 0.243 e. The summed E-state index contributed by atoms with van der Waals surface area (Å²) in [5, 5.41) is 3.05. The summed E-state index contributed by atoms with van der Waals surface area (Å²) in [4.78, 5) is 12.8. The minimum Gasteiger partial charge on any atom is -0.497 e. The van der Waals surface area contributed by atoms with Gasteiger partial charge in [0.2, 0.25) is 15.9 Å². The summed E-state index contributed by atoms with van der Waals surface area (Å²) in [5.41, 5.74) is 0. The largest absolute Gasteiger partial charge is 0.497 e. The lowest BCUT2D eigenvalue weighted by atomic mass is 9.97. The molecule has 0 saturated carbocycles. The molecule has 0 spiro atoms. The van der Waals surface area contributed by atoms with E-state index in [1.165, 1.54) is 4.31 Å². The Morgan fingerprint density at radius 1 is 1.22 bits per heavy atom. The summed E-state index contributed by atoms with van der Waals surface area (Å²) in [5.74, 6) is 0.874. The van der Waals surface area contributed by atoms with Crippen LogP contribution in [0.1, 0.15) is 46.5 Å². The van der Waals surface area contributed by atoms with Crippen molar-refractivity contribution in [3.05, 3.63) is 24.3 Å². The van der Waals surface area contributed by atoms with Gasteiger partial charge in [-0.25, -0.2) is 8.42 Å². The lowest BCUT2D eigenvalue weighted by Crippen LogP contribution is -2.47. The molecule has 27 heavy (non-hydrogen) atoms. The number of carbonyl (C=O) groups excluding carboxylic acids is 1. The molecule has 2 unspecified atom stereocenters. The van der Waals surface area contributed by atoms with E-state index in [0.29, 0.717) is 24.6 Å². The van der Waals surface area contributed by atoms with E-state index < -0.39 is 10.0 Å². The molecule has 0 aromatic heterocycles. The molecule has 1 aromatic carbocycles. The number of sulfonamides is 1. The first kappa shape index (κ1) is 21.7. The number of hydrogen-bond acceptors (Lipinski definition) is 4. The number of nitrogens with zero attached hydrogens (tertiary/aromatic N) is 1. The van der Waals surface area contributed by atoms with Gasteiger partial charge in [-0.1, -0.05) is 13.8 Å². The summed E-state index contributed by atoms with van der Waals surface area (Å²) in [6, 6.07) is 6.47. The average molecular weight is 397 g/mol. The second-order valence-electron chi connectivity index (χ2n) is 7.76. The molecule has 1 aliphatic heterocycles. The molecule has 1 amide bonds. The van der Waals surface area contributed by atoms with Crippen LogP contribution in [-0.2, 0) is 14.8 Å². The zero-order chi connectivity index (χ0) is 20.0. The number of benzene rings is 1. The maximum atomic E-state index is 12.9. The van der Waals surface area contributed by atoms with Gasteiger partial charge in [-0.3, -0.25) is 4.79 Å². The van der Waals surface area contributed by atoms with Crippen LogP contribution in [0.4, 0.5) is 0 Å². The van der Waals surface area contributed by atoms with Crippen LogP contribution in [0.5, 0.6) is 5.75 Å². The lowest BCUT2D eigenvalue weighted by Gasteiger charge is -2.32. The number of amides is 1. The van der Waals surface area contributed by atoms with Gasteiger partial charge in [-0.15, -0.1) is 0 Å². The third kappa shape index (κ3) is 5.94. The summed E-state index contributed by atoms with van der Waals surface area (Å²) in [6.07, 6.45) is 3.40. The van der Waals surface area contributed by atoms with E-state index in [4.69, 9.17) is 4.74 Å². The molecule has 6 nitrogen and oxygen atoms in total. The highest BCUT2D eigenvalue weighted by molar-refractivity contribution is 7.89. The van der Waals surface area contributed by atoms with Crippen molar-refractivity contribution in [2.45, 2.75) is 57.4 Å². The minimum atomic E-state index is -3.61. The van der Waals surface area contributed by atoms with E-state index in [0.717, 1.165) is 19.3 Å². The van der Waals surface area contributed by atoms with Gasteiger partial charge >= 0.3 is 0 Å². The number of hydrogen-bond donors (Lipinski definition) is 1. The highest BCUT2D eigenvalue weighted by atomic mass is 32.2. The molecule has 0 radical (unpaired) electrons. The lowest BCUT2D eigenvalue weighted by molar-refractivity contribution is -0.126. The number of carbonyl (C=O) groups is 1. The van der Waals surface area contributed by atoms with Crippen molar-refractivity contribution in [2.24, 2.45) is 11.8 Å². The monoisotopic (exact) mass is 396 g/mol. The predicted molar refractivity (Wildman–Crippen MR) is 106 cm³/mol. The van der Waals surface area contributed by atoms with Crippen molar-refractivity contribution >= 4 is 15.9 Å². The highest BCUT2D eigenvalue weighted by Gasteiger charge is 2.33. The number of rotatable bonds is 8. The standard InChI is InChI=1S/C20H32N2O4S/c1-15(2)7-8-16(3)21-20(23)17-6-5-13-22(14-17)27(24,25)19-11-9-18(26-4)10-12-19/h9-12,15-17H,5-8,13-14H2,1-4H3,(H,21,23). The van der Waals surface area contributed by atoms with Crippen molar-refractivity contribution in [2.75, 3.05) is 20.2 Å². The minimum absolute atomic E-state index is 0.0408. The van der Waals surface area contributed by atoms with Crippen LogP contribution in [0.2, 0.25) is 0 Å². The molecule has 1 saturated heterocycles. The Hall–Kier alpha value is -1.60. The molecule has 1 N–H and O–H groups in total. The van der Waals surface area contributed by atoms with Crippen molar-refractivity contribution in [1.82, 2.24) is 9.62 Å². The molecule has 2 atom stereocenters. The van der Waals surface area contributed by atoms with Gasteiger partial charge in [-0.05, 0) is 62.8 Å². The second kappa shape index (κ2) is 9.55. The maximum Gasteiger partial charge on any atom is 0.243 e. The fourth-order valence-corrected chi connectivity index (χ4v) is 4.81. The van der Waals surface area contributed by atoms with Crippen LogP contribution in [-0.4, -0.2) is 44.9 Å². The van der Waals surface area contributed by atoms with Crippen molar-refractivity contribution < 1.29 is 17.9 Å². The summed E-state index contributed by atoms with van der Waals surface area (Å²) in [6.45, 7) is 7.02. The molecule has 2 rings (SSSR count). The van der Waals surface area contributed by atoms with Gasteiger partial charge in [0.05, 0.1) is 17.9 Å². The normalized spacial score (nSPS) is 19.7. The van der Waals surface area contributed by atoms with Crippen LogP contribution >= 0.6 is 0 Å². The zero-order valence-electron chi connectivity index (χ0n) is 16.8. The third-order valence-electron chi connectivity index (χ3n) is 5.02. The van der Waals surface area contributed by atoms with Gasteiger partial charge < -0.3 is 10.1 Å². The Morgan fingerprint density at radius 3 is 2.48 bits per heavy atom. The fraction of sp³-hybridized carbons (Fsp3) is 0.650. The SMILES string of the molecule is COc1ccc(S(=O)(=O)N2CCCC(C(=O)NC(C)CCC(C)C)C2)cc1. The van der Waals surface area contributed by atoms with E-state index in [1.54, 1.807) is 31.4 Å². The number of ether oxygens (including phenoxy) is 1. The van der Waals surface area contributed by atoms with Crippen LogP contribution in [0.25, 0.3) is 0 Å². The number of nitrogens with one attached hydrogen (secondary N) is 1. The van der Waals surface area contributed by atoms with E-state index in [-0.39, 0.29) is 29.3 Å². The quantitative estimate of drug-likeness (QED) is 0.733. The molecule has 152 valence electrons. The number of piperidine rings is 1. The molecular formula is C20H32N2O4S. The average Bonchev–Trinajstić information content (AvgIpc) is 2.66. The Balaban J connectivity index is 2.00. The van der Waals surface area contributed by atoms with E-state index in [1.807, 2.05) is 6.92 Å². The van der Waals surface area contributed by atoms with Gasteiger partial charge in [-0.2, -0.15) is 4.31 Å². The summed E-state index contributed by atoms with van der Waals surface area (Å²) >= 11 is 0. The topological polar surface area (TPSA) is 75.7 Å². The first-order valence-electron chi connectivity index (χ1n) is 9.68. The van der Waals surface area contributed by atoms with Gasteiger partial charge in [0.25, 0.3) is 0 Å². The fourth-order valence-electron chi connectivity index (χ4n) is 3.29. The molecular weight excluding hydrogens is 364 g/mol. The van der Waals surface area contributed by atoms with E-state index in [2.05, 4.69) is 19.2 Å². The van der Waals surface area contributed by atoms with Gasteiger partial charge in [0.15, 0.2) is 0 Å². The zero-order valence-corrected chi connectivity index (χ0v) is 17.6. The predicted octanol–water partition coefficient (Wildman–Crippen LogP) is 3.04. The van der Waals surface area contributed by atoms with Gasteiger partial charge in [0, 0.05) is 19.1 Å². The Labute approximate surface area is 163 Å². The first-order chi connectivity index (χ1) is 12.7. The molecule has 1 fully saturated rings. The van der Waals surface area contributed by atoms with Crippen LogP contribution in [0.3, 0.4) is 0 Å². The second-order valence-corrected chi connectivity index (χ2v) is 9.70. The van der Waals surface area contributed by atoms with Crippen LogP contribution in [0, 0.1) is 11.8 Å². The Kier molecular flexibility index (Phi) is 7.68. The molecule has 0 aliphatic carbocycles. The van der Waals surface area contributed by atoms with Gasteiger partial charge in [0.1, 0.15) is 5.75 Å². The molecule has 7 heteroatoms. The summed E-state index contributed by atoms with van der Waals surface area (Å²) < 4.78 is 32.3. The molecule has 1 heterocycles. The van der Waals surface area contributed by atoms with Crippen LogP contribution in [0.15, 0.2) is 29.2 Å². The summed E-state index contributed by atoms with van der Waals surface area (Å²) in [7, 11) is -2.06. The Morgan fingerprint density at radius 2 is 1.89 bits per heavy atom. The van der Waals surface area contributed by atoms with Crippen molar-refractivity contribution in [3.63, 3.8) is 0 Å². The van der Waals surface area contributed by atoms with E-state index >= 15 is 0 Å². The third-order valence-corrected chi connectivity index (χ3v) is 6.90. The maximum absolute atomic E-state index is 12.9. The Bertz CT molecular complexity index is 716. The van der Waals surface area contributed by atoms with E-state index in [9.17, 15) is 13.2 Å². The first-order valence-corrected chi connectivity index (χ1v) is 11.1. The van der Waals surface area contributed by atoms with Crippen molar-refractivity contribution in [1.29, 1.82) is 0 Å².